The Balaban J connectivity index is 2.47. The molecule has 0 saturated carbocycles. The zero-order valence-electron chi connectivity index (χ0n) is 18.8. The molecule has 31 heavy (non-hydrogen) atoms. The first kappa shape index (κ1) is 25.1. The van der Waals surface area contributed by atoms with Crippen molar-refractivity contribution in [3.63, 3.8) is 0 Å². The number of amides is 2. The molecule has 2 amide bonds. The number of nitrogens with two attached hydrogens (primary N) is 1. The maximum atomic E-state index is 12.9. The molecule has 0 fully saturated rings. The van der Waals surface area contributed by atoms with Crippen molar-refractivity contribution in [2.24, 2.45) is 14.5 Å². The molecule has 10 heteroatoms. The maximum absolute atomic E-state index is 12.9. The van der Waals surface area contributed by atoms with Crippen LogP contribution in [0.2, 0.25) is 0 Å². The monoisotopic (exact) mass is 465 g/mol. The van der Waals surface area contributed by atoms with Crippen LogP contribution in [-0.4, -0.2) is 27.0 Å². The fraction of sp³-hybridized carbons (Fsp3) is 0.476. The Kier molecular flexibility index (Phi) is 7.75. The van der Waals surface area contributed by atoms with Gasteiger partial charge in [0, 0.05) is 11.9 Å². The van der Waals surface area contributed by atoms with Crippen LogP contribution in [0.1, 0.15) is 74.9 Å². The third-order valence-electron chi connectivity index (χ3n) is 4.59. The number of urea groups is 1. The van der Waals surface area contributed by atoms with E-state index in [0.717, 1.165) is 28.0 Å². The van der Waals surface area contributed by atoms with E-state index in [-0.39, 0.29) is 16.2 Å². The number of benzene rings is 1. The molecule has 170 valence electrons. The van der Waals surface area contributed by atoms with Crippen molar-refractivity contribution in [1.29, 1.82) is 0 Å². The van der Waals surface area contributed by atoms with E-state index >= 15 is 0 Å². The van der Waals surface area contributed by atoms with Crippen LogP contribution in [0.25, 0.3) is 0 Å². The van der Waals surface area contributed by atoms with Crippen LogP contribution in [0.4, 0.5) is 10.5 Å². The van der Waals surface area contributed by atoms with E-state index in [1.807, 2.05) is 39.8 Å². The third-order valence-corrected chi connectivity index (χ3v) is 7.70. The molecule has 1 aromatic carbocycles. The Hall–Kier alpha value is -2.14. The lowest BCUT2D eigenvalue weighted by Gasteiger charge is -2.21. The molecule has 0 radical (unpaired) electrons. The summed E-state index contributed by atoms with van der Waals surface area (Å²) in [5.41, 5.74) is 2.33. The quantitative estimate of drug-likeness (QED) is 0.509. The highest BCUT2D eigenvalue weighted by atomic mass is 32.2. The number of aromatic nitrogens is 1. The standard InChI is InChI=1S/C21H31N5O3S2/c1-12(2)15-8-14(10-23-7)9-16(13(3)4)18(15)25-19(27)26-31(22,29)20-24-11-17(30-20)21(5,6)28/h8-9,11-13,28H,7,10H2,1-6H3,(H3,22,25,26,27,29). The average molecular weight is 466 g/mol. The molecule has 0 saturated heterocycles. The molecule has 1 aromatic heterocycles. The zero-order valence-corrected chi connectivity index (χ0v) is 20.4. The van der Waals surface area contributed by atoms with E-state index in [1.165, 1.54) is 6.20 Å². The van der Waals surface area contributed by atoms with Crippen molar-refractivity contribution in [3.8, 4) is 0 Å². The molecular formula is C21H31N5O3S2. The molecule has 1 unspecified atom stereocenters. The molecule has 0 aliphatic heterocycles. The van der Waals surface area contributed by atoms with Gasteiger partial charge in [0.05, 0.1) is 17.0 Å². The van der Waals surface area contributed by atoms with Crippen LogP contribution in [0.3, 0.4) is 0 Å². The second-order valence-corrected chi connectivity index (χ2v) is 11.5. The van der Waals surface area contributed by atoms with Gasteiger partial charge in [-0.3, -0.25) is 4.99 Å². The maximum Gasteiger partial charge on any atom is 0.354 e. The van der Waals surface area contributed by atoms with Gasteiger partial charge in [0.1, 0.15) is 0 Å². The fourth-order valence-corrected chi connectivity index (χ4v) is 5.08. The van der Waals surface area contributed by atoms with Gasteiger partial charge < -0.3 is 10.4 Å². The Morgan fingerprint density at radius 3 is 2.26 bits per heavy atom. The number of aliphatic imine (C=N–C) groups is 1. The minimum Gasteiger partial charge on any atom is -0.385 e. The smallest absolute Gasteiger partial charge is 0.354 e. The van der Waals surface area contributed by atoms with Crippen LogP contribution < -0.4 is 10.5 Å². The number of anilines is 1. The summed E-state index contributed by atoms with van der Waals surface area (Å²) >= 11 is 0.967. The Morgan fingerprint density at radius 2 is 1.84 bits per heavy atom. The molecule has 1 atom stereocenters. The predicted octanol–water partition coefficient (Wildman–Crippen LogP) is 4.75. The molecule has 0 aliphatic carbocycles. The lowest BCUT2D eigenvalue weighted by atomic mass is 9.90. The molecule has 0 bridgehead atoms. The average Bonchev–Trinajstić information content (AvgIpc) is 3.13. The van der Waals surface area contributed by atoms with Crippen molar-refractivity contribution >= 4 is 39.7 Å². The predicted molar refractivity (Wildman–Crippen MR) is 127 cm³/mol. The van der Waals surface area contributed by atoms with Crippen LogP contribution in [0, 0.1) is 0 Å². The summed E-state index contributed by atoms with van der Waals surface area (Å²) in [7, 11) is -3.57. The summed E-state index contributed by atoms with van der Waals surface area (Å²) < 4.78 is 16.6. The van der Waals surface area contributed by atoms with E-state index < -0.39 is 21.5 Å². The van der Waals surface area contributed by atoms with Crippen molar-refractivity contribution in [2.45, 2.75) is 69.9 Å². The number of aliphatic hydroxyl groups is 1. The molecule has 0 aliphatic rings. The number of nitrogens with one attached hydrogen (secondary N) is 1. The van der Waals surface area contributed by atoms with Crippen LogP contribution >= 0.6 is 11.3 Å². The summed E-state index contributed by atoms with van der Waals surface area (Å²) in [5.74, 6) is 0.237. The Labute approximate surface area is 188 Å². The van der Waals surface area contributed by atoms with Crippen LogP contribution in [-0.2, 0) is 22.1 Å². The molecule has 2 rings (SSSR count). The van der Waals surface area contributed by atoms with Crippen molar-refractivity contribution < 1.29 is 14.1 Å². The van der Waals surface area contributed by atoms with Gasteiger partial charge in [-0.25, -0.2) is 19.1 Å². The molecule has 4 N–H and O–H groups in total. The molecular weight excluding hydrogens is 434 g/mol. The number of hydrogen-bond donors (Lipinski definition) is 3. The van der Waals surface area contributed by atoms with Gasteiger partial charge in [0.25, 0.3) is 0 Å². The van der Waals surface area contributed by atoms with E-state index in [0.29, 0.717) is 17.1 Å². The second-order valence-electron chi connectivity index (χ2n) is 8.48. The molecule has 0 spiro atoms. The first-order valence-corrected chi connectivity index (χ1v) is 12.3. The largest absolute Gasteiger partial charge is 0.385 e. The lowest BCUT2D eigenvalue weighted by molar-refractivity contribution is 0.0823. The van der Waals surface area contributed by atoms with E-state index in [9.17, 15) is 14.1 Å². The Morgan fingerprint density at radius 1 is 1.29 bits per heavy atom. The minimum absolute atomic E-state index is 0.0136. The molecule has 8 nitrogen and oxygen atoms in total. The van der Waals surface area contributed by atoms with Crippen LogP contribution in [0.5, 0.6) is 0 Å². The first-order valence-electron chi connectivity index (χ1n) is 9.90. The number of thiazole rings is 1. The van der Waals surface area contributed by atoms with Gasteiger partial charge >= 0.3 is 6.03 Å². The topological polar surface area (TPSA) is 130 Å². The fourth-order valence-electron chi connectivity index (χ4n) is 3.00. The van der Waals surface area contributed by atoms with Gasteiger partial charge in [-0.2, -0.15) is 0 Å². The summed E-state index contributed by atoms with van der Waals surface area (Å²) in [6.45, 7) is 15.3. The summed E-state index contributed by atoms with van der Waals surface area (Å²) in [6, 6.07) is 3.15. The van der Waals surface area contributed by atoms with Gasteiger partial charge in [-0.1, -0.05) is 39.8 Å². The van der Waals surface area contributed by atoms with Crippen LogP contribution in [0.15, 0.2) is 32.0 Å². The normalized spacial score (nSPS) is 13.9. The SMILES string of the molecule is C=NCc1cc(C(C)C)c(NC(=O)N=S(N)(=O)c2ncc(C(C)(C)O)s2)c(C(C)C)c1. The highest BCUT2D eigenvalue weighted by Crippen LogP contribution is 2.34. The summed E-state index contributed by atoms with van der Waals surface area (Å²) in [4.78, 5) is 21.2. The highest BCUT2D eigenvalue weighted by molar-refractivity contribution is 7.93. The minimum atomic E-state index is -3.57. The van der Waals surface area contributed by atoms with Crippen molar-refractivity contribution in [1.82, 2.24) is 4.98 Å². The van der Waals surface area contributed by atoms with E-state index in [2.05, 4.69) is 26.4 Å². The number of nitrogens with zero attached hydrogens (tertiary/aromatic N) is 3. The van der Waals surface area contributed by atoms with Gasteiger partial charge in [-0.05, 0) is 49.1 Å². The van der Waals surface area contributed by atoms with Gasteiger partial charge in [0.15, 0.2) is 9.92 Å². The second kappa shape index (κ2) is 9.56. The first-order chi connectivity index (χ1) is 14.3. The summed E-state index contributed by atoms with van der Waals surface area (Å²) in [5, 5.41) is 18.7. The van der Waals surface area contributed by atoms with E-state index in [1.54, 1.807) is 13.8 Å². The highest BCUT2D eigenvalue weighted by Gasteiger charge is 2.24. The molecule has 2 aromatic rings. The third kappa shape index (κ3) is 6.19. The lowest BCUT2D eigenvalue weighted by Crippen LogP contribution is -2.19. The number of carbonyl (C=O) groups excluding carboxylic acids is 1. The molecule has 1 heterocycles. The number of carbonyl (C=O) groups is 1. The summed E-state index contributed by atoms with van der Waals surface area (Å²) in [6.07, 6.45) is 1.39. The zero-order chi connectivity index (χ0) is 23.6. The van der Waals surface area contributed by atoms with Gasteiger partial charge in [0.2, 0.25) is 4.34 Å². The van der Waals surface area contributed by atoms with E-state index in [4.69, 9.17) is 5.14 Å². The number of hydrogen-bond acceptors (Lipinski definition) is 6. The van der Waals surface area contributed by atoms with Crippen molar-refractivity contribution in [2.75, 3.05) is 5.32 Å². The number of rotatable bonds is 7. The van der Waals surface area contributed by atoms with Gasteiger partial charge in [-0.15, -0.1) is 15.7 Å². The van der Waals surface area contributed by atoms with Crippen molar-refractivity contribution in [3.05, 3.63) is 39.9 Å². The Bertz CT molecular complexity index is 1060.